The Morgan fingerprint density at radius 1 is 1.24 bits per heavy atom. The van der Waals surface area contributed by atoms with Crippen LogP contribution in [0.15, 0.2) is 0 Å². The van der Waals surface area contributed by atoms with Crippen molar-refractivity contribution >= 4 is 11.3 Å². The molecule has 1 aromatic heterocycles. The minimum absolute atomic E-state index is 0.633. The molecule has 5 heteroatoms. The first-order valence-corrected chi connectivity index (χ1v) is 8.97. The normalized spacial score (nSPS) is 21.5. The summed E-state index contributed by atoms with van der Waals surface area (Å²) in [5, 5.41) is 4.91. The molecule has 1 heterocycles. The highest BCUT2D eigenvalue weighted by Gasteiger charge is 2.27. The zero-order valence-corrected chi connectivity index (χ0v) is 13.7. The Bertz CT molecular complexity index is 445. The lowest BCUT2D eigenvalue weighted by molar-refractivity contribution is 0.0722. The van der Waals surface area contributed by atoms with Gasteiger partial charge in [0.2, 0.25) is 0 Å². The Morgan fingerprint density at radius 2 is 2.14 bits per heavy atom. The molecule has 118 valence electrons. The predicted octanol–water partition coefficient (Wildman–Crippen LogP) is 2.52. The zero-order chi connectivity index (χ0) is 14.5. The smallest absolute Gasteiger partial charge is 0.0954 e. The van der Waals surface area contributed by atoms with Crippen molar-refractivity contribution in [2.45, 2.75) is 50.5 Å². The van der Waals surface area contributed by atoms with E-state index in [1.807, 2.05) is 11.3 Å². The van der Waals surface area contributed by atoms with E-state index in [0.29, 0.717) is 19.1 Å². The van der Waals surface area contributed by atoms with Gasteiger partial charge in [0.05, 0.1) is 30.5 Å². The number of nitrogens with zero attached hydrogens (tertiary/aromatic N) is 1. The zero-order valence-electron chi connectivity index (χ0n) is 12.9. The average molecular weight is 310 g/mol. The van der Waals surface area contributed by atoms with E-state index in [2.05, 4.69) is 5.32 Å². The fraction of sp³-hybridized carbons (Fsp3) is 0.812. The van der Waals surface area contributed by atoms with Gasteiger partial charge in [-0.25, -0.2) is 4.98 Å². The van der Waals surface area contributed by atoms with Crippen LogP contribution >= 0.6 is 11.3 Å². The minimum Gasteiger partial charge on any atom is -0.382 e. The maximum absolute atomic E-state index is 5.55. The average Bonchev–Trinajstić information content (AvgIpc) is 3.23. The standard InChI is InChI=1S/C16H26N2O2S/c1-19-9-10-20-8-7-15-18-16-12(11-17-13-5-6-13)3-2-4-14(16)21-15/h12-13,17H,2-11H2,1H3. The molecular weight excluding hydrogens is 284 g/mol. The SMILES string of the molecule is COCCOCCc1nc2c(s1)CCCC2CNC1CC1. The molecule has 1 aromatic rings. The molecule has 21 heavy (non-hydrogen) atoms. The molecule has 1 atom stereocenters. The number of aromatic nitrogens is 1. The summed E-state index contributed by atoms with van der Waals surface area (Å²) in [4.78, 5) is 6.44. The van der Waals surface area contributed by atoms with E-state index in [1.54, 1.807) is 7.11 Å². The number of hydrogen-bond acceptors (Lipinski definition) is 5. The third-order valence-electron chi connectivity index (χ3n) is 4.24. The third kappa shape index (κ3) is 4.49. The number of fused-ring (bicyclic) bond motifs is 1. The van der Waals surface area contributed by atoms with Gasteiger partial charge in [0.25, 0.3) is 0 Å². The van der Waals surface area contributed by atoms with E-state index in [0.717, 1.165) is 25.6 Å². The molecule has 1 N–H and O–H groups in total. The molecule has 0 bridgehead atoms. The number of hydrogen-bond donors (Lipinski definition) is 1. The highest BCUT2D eigenvalue weighted by Crippen LogP contribution is 2.35. The van der Waals surface area contributed by atoms with Crippen LogP contribution in [0.5, 0.6) is 0 Å². The molecule has 0 spiro atoms. The minimum atomic E-state index is 0.633. The molecule has 2 aliphatic carbocycles. The molecule has 2 aliphatic rings. The molecule has 1 fully saturated rings. The Morgan fingerprint density at radius 3 is 2.95 bits per heavy atom. The number of rotatable bonds is 9. The maximum atomic E-state index is 5.55. The van der Waals surface area contributed by atoms with Crippen molar-refractivity contribution in [3.8, 4) is 0 Å². The molecular formula is C16H26N2O2S. The Labute approximate surface area is 131 Å². The van der Waals surface area contributed by atoms with Crippen LogP contribution < -0.4 is 5.32 Å². The molecule has 1 saturated carbocycles. The van der Waals surface area contributed by atoms with E-state index in [9.17, 15) is 0 Å². The Hall–Kier alpha value is -0.490. The quantitative estimate of drug-likeness (QED) is 0.712. The van der Waals surface area contributed by atoms with Crippen molar-refractivity contribution < 1.29 is 9.47 Å². The first-order chi connectivity index (χ1) is 10.4. The maximum Gasteiger partial charge on any atom is 0.0954 e. The van der Waals surface area contributed by atoms with Crippen molar-refractivity contribution in [2.24, 2.45) is 0 Å². The van der Waals surface area contributed by atoms with E-state index in [4.69, 9.17) is 14.5 Å². The molecule has 0 aliphatic heterocycles. The van der Waals surface area contributed by atoms with Crippen LogP contribution in [0, 0.1) is 0 Å². The Kier molecular flexibility index (Phi) is 5.63. The lowest BCUT2D eigenvalue weighted by Gasteiger charge is -2.21. The van der Waals surface area contributed by atoms with Gasteiger partial charge >= 0.3 is 0 Å². The first kappa shape index (κ1) is 15.4. The number of ether oxygens (including phenoxy) is 2. The number of aryl methyl sites for hydroxylation is 1. The van der Waals surface area contributed by atoms with Crippen LogP contribution in [0.1, 0.15) is 47.2 Å². The van der Waals surface area contributed by atoms with E-state index in [-0.39, 0.29) is 0 Å². The van der Waals surface area contributed by atoms with Gasteiger partial charge < -0.3 is 14.8 Å². The van der Waals surface area contributed by atoms with Gasteiger partial charge in [-0.05, 0) is 32.1 Å². The summed E-state index contributed by atoms with van der Waals surface area (Å²) < 4.78 is 10.5. The van der Waals surface area contributed by atoms with E-state index < -0.39 is 0 Å². The van der Waals surface area contributed by atoms with E-state index in [1.165, 1.54) is 47.7 Å². The summed E-state index contributed by atoms with van der Waals surface area (Å²) in [5.74, 6) is 0.633. The van der Waals surface area contributed by atoms with Crippen LogP contribution in [0.3, 0.4) is 0 Å². The van der Waals surface area contributed by atoms with Gasteiger partial charge in [0, 0.05) is 36.9 Å². The van der Waals surface area contributed by atoms with Crippen molar-refractivity contribution in [3.63, 3.8) is 0 Å². The van der Waals surface area contributed by atoms with Gasteiger partial charge in [-0.1, -0.05) is 0 Å². The molecule has 0 amide bonds. The summed E-state index contributed by atoms with van der Waals surface area (Å²) in [6, 6.07) is 0.794. The van der Waals surface area contributed by atoms with Gasteiger partial charge in [-0.15, -0.1) is 11.3 Å². The van der Waals surface area contributed by atoms with Gasteiger partial charge in [-0.3, -0.25) is 0 Å². The number of methoxy groups -OCH3 is 1. The predicted molar refractivity (Wildman–Crippen MR) is 85.2 cm³/mol. The molecule has 0 saturated heterocycles. The summed E-state index contributed by atoms with van der Waals surface area (Å²) in [5.41, 5.74) is 1.38. The largest absolute Gasteiger partial charge is 0.382 e. The van der Waals surface area contributed by atoms with E-state index >= 15 is 0 Å². The lowest BCUT2D eigenvalue weighted by atomic mass is 9.91. The molecule has 0 radical (unpaired) electrons. The lowest BCUT2D eigenvalue weighted by Crippen LogP contribution is -2.25. The summed E-state index contributed by atoms with van der Waals surface area (Å²) in [6.45, 7) is 3.21. The monoisotopic (exact) mass is 310 g/mol. The number of thiazole rings is 1. The summed E-state index contributed by atoms with van der Waals surface area (Å²) in [7, 11) is 1.70. The second kappa shape index (κ2) is 7.68. The fourth-order valence-corrected chi connectivity index (χ4v) is 4.04. The van der Waals surface area contributed by atoms with Crippen molar-refractivity contribution in [3.05, 3.63) is 15.6 Å². The third-order valence-corrected chi connectivity index (χ3v) is 5.43. The van der Waals surface area contributed by atoms with Crippen LogP contribution in [0.2, 0.25) is 0 Å². The second-order valence-corrected chi connectivity index (χ2v) is 7.21. The molecule has 0 aromatic carbocycles. The molecule has 3 rings (SSSR count). The van der Waals surface area contributed by atoms with Crippen LogP contribution in [-0.2, 0) is 22.3 Å². The van der Waals surface area contributed by atoms with Crippen LogP contribution in [-0.4, -0.2) is 44.5 Å². The molecule has 4 nitrogen and oxygen atoms in total. The number of nitrogens with one attached hydrogen (secondary N) is 1. The first-order valence-electron chi connectivity index (χ1n) is 8.15. The highest BCUT2D eigenvalue weighted by molar-refractivity contribution is 7.11. The Balaban J connectivity index is 1.50. The van der Waals surface area contributed by atoms with Crippen molar-refractivity contribution in [2.75, 3.05) is 33.5 Å². The highest BCUT2D eigenvalue weighted by atomic mass is 32.1. The van der Waals surface area contributed by atoms with Gasteiger partial charge in [-0.2, -0.15) is 0 Å². The van der Waals surface area contributed by atoms with Crippen molar-refractivity contribution in [1.82, 2.24) is 10.3 Å². The van der Waals surface area contributed by atoms with Crippen LogP contribution in [0.4, 0.5) is 0 Å². The summed E-state index contributed by atoms with van der Waals surface area (Å²) >= 11 is 1.90. The van der Waals surface area contributed by atoms with Crippen molar-refractivity contribution in [1.29, 1.82) is 0 Å². The molecule has 1 unspecified atom stereocenters. The van der Waals surface area contributed by atoms with Gasteiger partial charge in [0.1, 0.15) is 0 Å². The fourth-order valence-electron chi connectivity index (χ4n) is 2.86. The topological polar surface area (TPSA) is 43.4 Å². The van der Waals surface area contributed by atoms with Gasteiger partial charge in [0.15, 0.2) is 0 Å². The summed E-state index contributed by atoms with van der Waals surface area (Å²) in [6.07, 6.45) is 7.49. The second-order valence-electron chi connectivity index (χ2n) is 6.04. The van der Waals surface area contributed by atoms with Crippen LogP contribution in [0.25, 0.3) is 0 Å².